The second-order valence-electron chi connectivity index (χ2n) is 9.27. The number of carbonyl (C=O) groups is 2. The van der Waals surface area contributed by atoms with E-state index in [4.69, 9.17) is 0 Å². The molecule has 0 unspecified atom stereocenters. The number of aromatic nitrogens is 3. The van der Waals surface area contributed by atoms with Gasteiger partial charge in [0.15, 0.2) is 5.67 Å². The lowest BCUT2D eigenvalue weighted by atomic mass is 9.98. The average molecular weight is 496 g/mol. The highest BCUT2D eigenvalue weighted by molar-refractivity contribution is 6.04. The Morgan fingerprint density at radius 3 is 2.43 bits per heavy atom. The first-order valence-corrected chi connectivity index (χ1v) is 12.0. The quantitative estimate of drug-likeness (QED) is 0.374. The molecule has 0 spiro atoms. The smallest absolute Gasteiger partial charge is 0.269 e. The van der Waals surface area contributed by atoms with Gasteiger partial charge in [-0.2, -0.15) is 0 Å². The number of nitrogens with one attached hydrogen (secondary N) is 2. The van der Waals surface area contributed by atoms with Crippen LogP contribution in [0.5, 0.6) is 0 Å². The number of aryl methyl sites for hydroxylation is 2. The second-order valence-corrected chi connectivity index (χ2v) is 9.27. The lowest BCUT2D eigenvalue weighted by molar-refractivity contribution is 0.0957. The number of nitrogens with zero attached hydrogens (tertiary/aromatic N) is 3. The van der Waals surface area contributed by atoms with Gasteiger partial charge >= 0.3 is 0 Å². The number of halogens is 1. The zero-order chi connectivity index (χ0) is 26.2. The van der Waals surface area contributed by atoms with Gasteiger partial charge in [-0.15, -0.1) is 0 Å². The fraction of sp³-hybridized carbons (Fsp3) is 0.207. The first kappa shape index (κ1) is 24.2. The van der Waals surface area contributed by atoms with Crippen LogP contribution in [0.25, 0.3) is 22.4 Å². The standard InChI is InChI=1S/C29H26FN5O2/c1-17-4-5-22(35-27(36)20-7-11-33-26(15-20)29(30)8-9-29)16-23(17)21-12-18(2)34-24(14-21)19-6-10-32-25(13-19)28(37)31-3/h4-7,10-16H,8-9H2,1-3H3,(H,31,37)(H,35,36). The van der Waals surface area contributed by atoms with Gasteiger partial charge in [0.2, 0.25) is 0 Å². The average Bonchev–Trinajstić information content (AvgIpc) is 3.67. The predicted molar refractivity (Wildman–Crippen MR) is 140 cm³/mol. The number of anilines is 1. The van der Waals surface area contributed by atoms with Crippen LogP contribution in [0.1, 0.15) is 50.6 Å². The molecule has 1 aliphatic rings. The van der Waals surface area contributed by atoms with Crippen molar-refractivity contribution < 1.29 is 14.0 Å². The van der Waals surface area contributed by atoms with Crippen LogP contribution in [0, 0.1) is 13.8 Å². The number of hydrogen-bond donors (Lipinski definition) is 2. The van der Waals surface area contributed by atoms with E-state index in [9.17, 15) is 14.0 Å². The maximum absolute atomic E-state index is 14.4. The molecule has 5 rings (SSSR count). The molecule has 7 nitrogen and oxygen atoms in total. The third-order valence-electron chi connectivity index (χ3n) is 6.45. The van der Waals surface area contributed by atoms with Crippen molar-refractivity contribution in [2.45, 2.75) is 32.4 Å². The normalized spacial score (nSPS) is 13.6. The summed E-state index contributed by atoms with van der Waals surface area (Å²) >= 11 is 0. The van der Waals surface area contributed by atoms with E-state index in [0.29, 0.717) is 41.2 Å². The van der Waals surface area contributed by atoms with Gasteiger partial charge in [0.25, 0.3) is 11.8 Å². The molecule has 0 bridgehead atoms. The Bertz CT molecular complexity index is 1530. The van der Waals surface area contributed by atoms with Crippen molar-refractivity contribution in [1.29, 1.82) is 0 Å². The summed E-state index contributed by atoms with van der Waals surface area (Å²) in [5, 5.41) is 5.51. The Balaban J connectivity index is 1.45. The zero-order valence-electron chi connectivity index (χ0n) is 20.8. The molecule has 2 amide bonds. The van der Waals surface area contributed by atoms with E-state index in [1.165, 1.54) is 12.3 Å². The third kappa shape index (κ3) is 5.09. The van der Waals surface area contributed by atoms with Crippen LogP contribution < -0.4 is 10.6 Å². The number of amides is 2. The zero-order valence-corrected chi connectivity index (χ0v) is 20.8. The Kier molecular flexibility index (Phi) is 6.25. The molecular formula is C29H26FN5O2. The van der Waals surface area contributed by atoms with Crippen LogP contribution in [-0.4, -0.2) is 33.8 Å². The summed E-state index contributed by atoms with van der Waals surface area (Å²) in [4.78, 5) is 37.9. The van der Waals surface area contributed by atoms with Gasteiger partial charge in [-0.3, -0.25) is 24.5 Å². The van der Waals surface area contributed by atoms with Crippen molar-refractivity contribution in [3.8, 4) is 22.4 Å². The van der Waals surface area contributed by atoms with Gasteiger partial charge in [-0.05, 0) is 91.9 Å². The molecule has 3 aromatic heterocycles. The topological polar surface area (TPSA) is 96.9 Å². The summed E-state index contributed by atoms with van der Waals surface area (Å²) < 4.78 is 14.4. The second kappa shape index (κ2) is 9.54. The molecule has 186 valence electrons. The van der Waals surface area contributed by atoms with Crippen molar-refractivity contribution in [3.63, 3.8) is 0 Å². The molecule has 1 aromatic carbocycles. The van der Waals surface area contributed by atoms with Gasteiger partial charge in [-0.25, -0.2) is 4.39 Å². The fourth-order valence-electron chi connectivity index (χ4n) is 4.21. The molecular weight excluding hydrogens is 469 g/mol. The molecule has 4 aromatic rings. The highest BCUT2D eigenvalue weighted by atomic mass is 19.1. The van der Waals surface area contributed by atoms with Gasteiger partial charge in [0.05, 0.1) is 11.4 Å². The summed E-state index contributed by atoms with van der Waals surface area (Å²) in [6, 6.07) is 16.2. The maximum Gasteiger partial charge on any atom is 0.269 e. The SMILES string of the molecule is CNC(=O)c1cc(-c2cc(-c3cc(NC(=O)c4ccnc(C5(F)CC5)c4)ccc3C)cc(C)n2)ccn1. The molecule has 0 radical (unpaired) electrons. The summed E-state index contributed by atoms with van der Waals surface area (Å²) in [6.45, 7) is 3.91. The van der Waals surface area contributed by atoms with Crippen molar-refractivity contribution in [1.82, 2.24) is 20.3 Å². The molecule has 37 heavy (non-hydrogen) atoms. The largest absolute Gasteiger partial charge is 0.354 e. The van der Waals surface area contributed by atoms with E-state index in [0.717, 1.165) is 27.9 Å². The number of carbonyl (C=O) groups excluding carboxylic acids is 2. The van der Waals surface area contributed by atoms with Gasteiger partial charge in [-0.1, -0.05) is 6.07 Å². The van der Waals surface area contributed by atoms with E-state index in [1.807, 2.05) is 50.2 Å². The molecule has 3 heterocycles. The molecule has 8 heteroatoms. The molecule has 0 atom stereocenters. The van der Waals surface area contributed by atoms with Crippen molar-refractivity contribution in [2.75, 3.05) is 12.4 Å². The van der Waals surface area contributed by atoms with Crippen molar-refractivity contribution >= 4 is 17.5 Å². The van der Waals surface area contributed by atoms with Crippen LogP contribution in [0.4, 0.5) is 10.1 Å². The molecule has 1 fully saturated rings. The summed E-state index contributed by atoms with van der Waals surface area (Å²) in [5.41, 5.74) is 5.37. The maximum atomic E-state index is 14.4. The van der Waals surface area contributed by atoms with E-state index >= 15 is 0 Å². The first-order chi connectivity index (χ1) is 17.8. The number of hydrogen-bond acceptors (Lipinski definition) is 5. The number of benzene rings is 1. The van der Waals surface area contributed by atoms with Crippen LogP contribution >= 0.6 is 0 Å². The van der Waals surface area contributed by atoms with Crippen LogP contribution in [0.2, 0.25) is 0 Å². The summed E-state index contributed by atoms with van der Waals surface area (Å²) in [5.74, 6) is -0.595. The Morgan fingerprint density at radius 2 is 1.68 bits per heavy atom. The Hall–Kier alpha value is -4.46. The van der Waals surface area contributed by atoms with E-state index in [-0.39, 0.29) is 11.8 Å². The van der Waals surface area contributed by atoms with Gasteiger partial charge < -0.3 is 10.6 Å². The van der Waals surface area contributed by atoms with E-state index in [2.05, 4.69) is 25.6 Å². The van der Waals surface area contributed by atoms with Crippen LogP contribution in [0.3, 0.4) is 0 Å². The van der Waals surface area contributed by atoms with Gasteiger partial charge in [0, 0.05) is 41.9 Å². The highest BCUT2D eigenvalue weighted by Gasteiger charge is 2.46. The van der Waals surface area contributed by atoms with Crippen molar-refractivity contribution in [3.05, 3.63) is 95.2 Å². The van der Waals surface area contributed by atoms with Crippen LogP contribution in [-0.2, 0) is 5.67 Å². The minimum absolute atomic E-state index is 0.269. The molecule has 0 aliphatic heterocycles. The predicted octanol–water partition coefficient (Wildman–Crippen LogP) is 5.39. The monoisotopic (exact) mass is 495 g/mol. The number of alkyl halides is 1. The third-order valence-corrected chi connectivity index (χ3v) is 6.45. The summed E-state index contributed by atoms with van der Waals surface area (Å²) in [6.07, 6.45) is 3.93. The molecule has 2 N–H and O–H groups in total. The lowest BCUT2D eigenvalue weighted by Crippen LogP contribution is -2.19. The lowest BCUT2D eigenvalue weighted by Gasteiger charge is -2.13. The molecule has 0 saturated heterocycles. The van der Waals surface area contributed by atoms with Crippen molar-refractivity contribution in [2.24, 2.45) is 0 Å². The first-order valence-electron chi connectivity index (χ1n) is 12.0. The minimum Gasteiger partial charge on any atom is -0.354 e. The summed E-state index contributed by atoms with van der Waals surface area (Å²) in [7, 11) is 1.56. The number of rotatable bonds is 6. The van der Waals surface area contributed by atoms with Crippen LogP contribution in [0.15, 0.2) is 67.0 Å². The van der Waals surface area contributed by atoms with E-state index < -0.39 is 5.67 Å². The minimum atomic E-state index is -1.40. The molecule has 1 saturated carbocycles. The molecule has 1 aliphatic carbocycles. The highest BCUT2D eigenvalue weighted by Crippen LogP contribution is 2.48. The number of pyridine rings is 3. The van der Waals surface area contributed by atoms with Gasteiger partial charge in [0.1, 0.15) is 5.69 Å². The fourth-order valence-corrected chi connectivity index (χ4v) is 4.21. The van der Waals surface area contributed by atoms with E-state index in [1.54, 1.807) is 25.4 Å². The Morgan fingerprint density at radius 1 is 0.892 bits per heavy atom. The Labute approximate surface area is 214 Å².